The zero-order chi connectivity index (χ0) is 11.7. The van der Waals surface area contributed by atoms with Crippen LogP contribution in [-0.4, -0.2) is 9.97 Å². The fraction of sp³-hybridized carbons (Fsp3) is 0. The molecule has 84 valence electrons. The first kappa shape index (κ1) is 10.5. The minimum atomic E-state index is 0.559. The Morgan fingerprint density at radius 3 is 2.71 bits per heavy atom. The fourth-order valence-electron chi connectivity index (χ4n) is 1.41. The second-order valence-corrected chi connectivity index (χ2v) is 4.65. The summed E-state index contributed by atoms with van der Waals surface area (Å²) < 4.78 is 5.62. The van der Waals surface area contributed by atoms with Crippen molar-refractivity contribution in [1.82, 2.24) is 9.97 Å². The Morgan fingerprint density at radius 1 is 1.06 bits per heavy atom. The van der Waals surface area contributed by atoms with Crippen LogP contribution in [0.3, 0.4) is 0 Å². The van der Waals surface area contributed by atoms with Crippen LogP contribution in [0.5, 0.6) is 11.6 Å². The lowest BCUT2D eigenvalue weighted by molar-refractivity contribution is 0.465. The lowest BCUT2D eigenvalue weighted by atomic mass is 10.3. The summed E-state index contributed by atoms with van der Waals surface area (Å²) in [6.45, 7) is 0. The molecule has 2 heterocycles. The van der Waals surface area contributed by atoms with E-state index in [-0.39, 0.29) is 0 Å². The number of nitrogens with zero attached hydrogens (tertiary/aromatic N) is 2. The van der Waals surface area contributed by atoms with Crippen molar-refractivity contribution in [1.29, 1.82) is 0 Å². The predicted octanol–water partition coefficient (Wildman–Crippen LogP) is 4.14. The first-order valence-corrected chi connectivity index (χ1v) is 6.21. The lowest BCUT2D eigenvalue weighted by Gasteiger charge is -2.03. The van der Waals surface area contributed by atoms with Gasteiger partial charge < -0.3 is 4.74 Å². The average Bonchev–Trinajstić information content (AvgIpc) is 2.79. The van der Waals surface area contributed by atoms with Crippen LogP contribution in [0.1, 0.15) is 0 Å². The summed E-state index contributed by atoms with van der Waals surface area (Å²) in [7, 11) is 0. The highest BCUT2D eigenvalue weighted by molar-refractivity contribution is 7.16. The van der Waals surface area contributed by atoms with E-state index >= 15 is 0 Å². The van der Waals surface area contributed by atoms with Crippen LogP contribution < -0.4 is 4.74 Å². The van der Waals surface area contributed by atoms with Crippen LogP contribution >= 0.6 is 22.9 Å². The highest BCUT2D eigenvalue weighted by Gasteiger charge is 2.02. The van der Waals surface area contributed by atoms with Gasteiger partial charge in [0.2, 0.25) is 5.88 Å². The molecular formula is C12H7ClN2OS. The van der Waals surface area contributed by atoms with E-state index in [1.807, 2.05) is 6.07 Å². The summed E-state index contributed by atoms with van der Waals surface area (Å²) in [6.07, 6.45) is 0. The van der Waals surface area contributed by atoms with Crippen molar-refractivity contribution in [2.24, 2.45) is 0 Å². The lowest BCUT2D eigenvalue weighted by Crippen LogP contribution is -1.86. The largest absolute Gasteiger partial charge is 0.439 e. The Balaban J connectivity index is 1.91. The van der Waals surface area contributed by atoms with Crippen molar-refractivity contribution in [3.05, 3.63) is 46.9 Å². The normalized spacial score (nSPS) is 10.6. The Morgan fingerprint density at radius 2 is 1.88 bits per heavy atom. The highest BCUT2D eigenvalue weighted by atomic mass is 35.5. The van der Waals surface area contributed by atoms with E-state index in [0.29, 0.717) is 16.7 Å². The van der Waals surface area contributed by atoms with Gasteiger partial charge in [0.1, 0.15) is 16.1 Å². The SMILES string of the molecule is Clc1ccc(Oc2ccc3ncsc3n2)cc1. The number of hydrogen-bond acceptors (Lipinski definition) is 4. The zero-order valence-corrected chi connectivity index (χ0v) is 10.2. The molecular weight excluding hydrogens is 256 g/mol. The second-order valence-electron chi connectivity index (χ2n) is 3.38. The fourth-order valence-corrected chi connectivity index (χ4v) is 2.19. The number of thiazole rings is 1. The molecule has 0 amide bonds. The molecule has 0 saturated carbocycles. The third-order valence-electron chi connectivity index (χ3n) is 2.21. The smallest absolute Gasteiger partial charge is 0.220 e. The molecule has 0 bridgehead atoms. The molecule has 17 heavy (non-hydrogen) atoms. The van der Waals surface area contributed by atoms with Crippen LogP contribution in [0.2, 0.25) is 5.02 Å². The maximum Gasteiger partial charge on any atom is 0.220 e. The number of benzene rings is 1. The molecule has 0 spiro atoms. The van der Waals surface area contributed by atoms with Crippen LogP contribution in [0, 0.1) is 0 Å². The number of aromatic nitrogens is 2. The van der Waals surface area contributed by atoms with Gasteiger partial charge in [-0.05, 0) is 30.3 Å². The van der Waals surface area contributed by atoms with Crippen molar-refractivity contribution in [2.45, 2.75) is 0 Å². The van der Waals surface area contributed by atoms with Crippen LogP contribution in [-0.2, 0) is 0 Å². The molecule has 3 aromatic rings. The number of rotatable bonds is 2. The van der Waals surface area contributed by atoms with Gasteiger partial charge in [0, 0.05) is 11.1 Å². The molecule has 1 aromatic carbocycles. The van der Waals surface area contributed by atoms with Crippen LogP contribution in [0.25, 0.3) is 10.3 Å². The number of fused-ring (bicyclic) bond motifs is 1. The first-order valence-electron chi connectivity index (χ1n) is 4.95. The molecule has 0 N–H and O–H groups in total. The Kier molecular flexibility index (Phi) is 2.66. The summed E-state index contributed by atoms with van der Waals surface area (Å²) >= 11 is 7.29. The topological polar surface area (TPSA) is 35.0 Å². The van der Waals surface area contributed by atoms with Gasteiger partial charge in [0.15, 0.2) is 0 Å². The van der Waals surface area contributed by atoms with Crippen LogP contribution in [0.15, 0.2) is 41.9 Å². The second kappa shape index (κ2) is 4.31. The molecule has 0 unspecified atom stereocenters. The number of halogens is 1. The third-order valence-corrected chi connectivity index (χ3v) is 3.19. The van der Waals surface area contributed by atoms with E-state index in [1.165, 1.54) is 11.3 Å². The minimum Gasteiger partial charge on any atom is -0.439 e. The molecule has 5 heteroatoms. The summed E-state index contributed by atoms with van der Waals surface area (Å²) in [5, 5.41) is 0.684. The van der Waals surface area contributed by atoms with Gasteiger partial charge in [-0.1, -0.05) is 11.6 Å². The molecule has 0 saturated heterocycles. The van der Waals surface area contributed by atoms with Crippen LogP contribution in [0.4, 0.5) is 0 Å². The highest BCUT2D eigenvalue weighted by Crippen LogP contribution is 2.24. The zero-order valence-electron chi connectivity index (χ0n) is 8.63. The van der Waals surface area contributed by atoms with Gasteiger partial charge in [0.05, 0.1) is 5.51 Å². The molecule has 0 aliphatic heterocycles. The summed E-state index contributed by atoms with van der Waals surface area (Å²) in [5.74, 6) is 1.27. The van der Waals surface area contributed by atoms with Crippen molar-refractivity contribution >= 4 is 33.3 Å². The first-order chi connectivity index (χ1) is 8.31. The van der Waals surface area contributed by atoms with Gasteiger partial charge in [-0.2, -0.15) is 0 Å². The van der Waals surface area contributed by atoms with E-state index in [9.17, 15) is 0 Å². The quantitative estimate of drug-likeness (QED) is 0.696. The van der Waals surface area contributed by atoms with Crippen molar-refractivity contribution < 1.29 is 4.74 Å². The Labute approximate surface area is 107 Å². The van der Waals surface area contributed by atoms with Gasteiger partial charge in [0.25, 0.3) is 0 Å². The van der Waals surface area contributed by atoms with E-state index in [4.69, 9.17) is 16.3 Å². The van der Waals surface area contributed by atoms with E-state index in [1.54, 1.807) is 35.8 Å². The number of pyridine rings is 1. The standard InChI is InChI=1S/C12H7ClN2OS/c13-8-1-3-9(4-2-8)16-11-6-5-10-12(15-11)17-7-14-10/h1-7H. The monoisotopic (exact) mass is 262 g/mol. The maximum atomic E-state index is 5.80. The predicted molar refractivity (Wildman–Crippen MR) is 68.9 cm³/mol. The van der Waals surface area contributed by atoms with Gasteiger partial charge >= 0.3 is 0 Å². The molecule has 0 atom stereocenters. The van der Waals surface area contributed by atoms with E-state index < -0.39 is 0 Å². The third kappa shape index (κ3) is 2.23. The summed E-state index contributed by atoms with van der Waals surface area (Å²) in [5.41, 5.74) is 2.66. The molecule has 3 rings (SSSR count). The average molecular weight is 263 g/mol. The van der Waals surface area contributed by atoms with E-state index in [0.717, 1.165) is 10.3 Å². The van der Waals surface area contributed by atoms with E-state index in [2.05, 4.69) is 9.97 Å². The molecule has 3 nitrogen and oxygen atoms in total. The minimum absolute atomic E-state index is 0.559. The molecule has 0 fully saturated rings. The number of ether oxygens (including phenoxy) is 1. The van der Waals surface area contributed by atoms with Gasteiger partial charge in [-0.25, -0.2) is 9.97 Å². The molecule has 0 aliphatic carbocycles. The van der Waals surface area contributed by atoms with Crippen molar-refractivity contribution in [3.63, 3.8) is 0 Å². The van der Waals surface area contributed by atoms with Crippen molar-refractivity contribution in [3.8, 4) is 11.6 Å². The summed E-state index contributed by atoms with van der Waals surface area (Å²) in [6, 6.07) is 10.9. The summed E-state index contributed by atoms with van der Waals surface area (Å²) in [4.78, 5) is 9.39. The number of hydrogen-bond donors (Lipinski definition) is 0. The molecule has 0 aliphatic rings. The van der Waals surface area contributed by atoms with Gasteiger partial charge in [-0.3, -0.25) is 0 Å². The Bertz CT molecular complexity index is 651. The van der Waals surface area contributed by atoms with Gasteiger partial charge in [-0.15, -0.1) is 11.3 Å². The molecule has 2 aromatic heterocycles. The maximum absolute atomic E-state index is 5.80. The van der Waals surface area contributed by atoms with Crippen molar-refractivity contribution in [2.75, 3.05) is 0 Å². The Hall–Kier alpha value is -1.65. The molecule has 0 radical (unpaired) electrons.